The van der Waals surface area contributed by atoms with Crippen molar-refractivity contribution >= 4 is 33.2 Å². The van der Waals surface area contributed by atoms with Crippen LogP contribution in [-0.4, -0.2) is 27.1 Å². The third kappa shape index (κ3) is 5.21. The zero-order chi connectivity index (χ0) is 18.6. The van der Waals surface area contributed by atoms with Gasteiger partial charge >= 0.3 is 0 Å². The summed E-state index contributed by atoms with van der Waals surface area (Å²) in [5.74, 6) is -0.379. The first kappa shape index (κ1) is 19.3. The Bertz CT molecular complexity index is 854. The highest BCUT2D eigenvalue weighted by atomic mass is 35.5. The van der Waals surface area contributed by atoms with E-state index in [9.17, 15) is 13.2 Å². The standard InChI is InChI=1S/C18H21ClN2O3S/c1-13-11-16(19)9-10-17(13)21(25(3,23)24)12-18(22)20-14(2)15-7-5-4-6-8-15/h4-11,14H,12H2,1-3H3,(H,20,22)/t14-/m1/s1. The number of anilines is 1. The number of hydrogen-bond donors (Lipinski definition) is 1. The van der Waals surface area contributed by atoms with Crippen molar-refractivity contribution in [3.05, 3.63) is 64.7 Å². The van der Waals surface area contributed by atoms with Gasteiger partial charge in [0.15, 0.2) is 0 Å². The topological polar surface area (TPSA) is 66.5 Å². The lowest BCUT2D eigenvalue weighted by atomic mass is 10.1. The molecule has 7 heteroatoms. The molecule has 2 aromatic rings. The summed E-state index contributed by atoms with van der Waals surface area (Å²) in [4.78, 5) is 12.4. The summed E-state index contributed by atoms with van der Waals surface area (Å²) in [5, 5.41) is 3.34. The maximum atomic E-state index is 12.4. The van der Waals surface area contributed by atoms with Crippen molar-refractivity contribution in [1.29, 1.82) is 0 Å². The lowest BCUT2D eigenvalue weighted by Gasteiger charge is -2.24. The average molecular weight is 381 g/mol. The third-order valence-electron chi connectivity index (χ3n) is 3.79. The summed E-state index contributed by atoms with van der Waals surface area (Å²) in [6.07, 6.45) is 1.08. The Balaban J connectivity index is 2.19. The highest BCUT2D eigenvalue weighted by Gasteiger charge is 2.23. The smallest absolute Gasteiger partial charge is 0.241 e. The largest absolute Gasteiger partial charge is 0.348 e. The van der Waals surface area contributed by atoms with Crippen LogP contribution in [0.1, 0.15) is 24.1 Å². The molecule has 0 radical (unpaired) electrons. The van der Waals surface area contributed by atoms with Gasteiger partial charge in [-0.05, 0) is 43.2 Å². The Hall–Kier alpha value is -2.05. The van der Waals surface area contributed by atoms with E-state index in [1.807, 2.05) is 37.3 Å². The minimum atomic E-state index is -3.62. The zero-order valence-corrected chi connectivity index (χ0v) is 15.9. The van der Waals surface area contributed by atoms with Crippen LogP contribution in [0.15, 0.2) is 48.5 Å². The predicted molar refractivity (Wildman–Crippen MR) is 101 cm³/mol. The van der Waals surface area contributed by atoms with E-state index in [0.29, 0.717) is 16.3 Å². The number of sulfonamides is 1. The first-order valence-corrected chi connectivity index (χ1v) is 9.99. The SMILES string of the molecule is Cc1cc(Cl)ccc1N(CC(=O)N[C@H](C)c1ccccc1)S(C)(=O)=O. The van der Waals surface area contributed by atoms with Crippen LogP contribution >= 0.6 is 11.6 Å². The van der Waals surface area contributed by atoms with E-state index in [2.05, 4.69) is 5.32 Å². The summed E-state index contributed by atoms with van der Waals surface area (Å²) in [6.45, 7) is 3.31. The van der Waals surface area contributed by atoms with Crippen molar-refractivity contribution in [2.75, 3.05) is 17.1 Å². The second-order valence-corrected chi connectivity index (χ2v) is 8.24. The molecule has 1 amide bonds. The summed E-state index contributed by atoms with van der Waals surface area (Å²) < 4.78 is 25.4. The number of halogens is 1. The molecule has 1 N–H and O–H groups in total. The number of nitrogens with one attached hydrogen (secondary N) is 1. The number of amides is 1. The second kappa shape index (κ2) is 7.89. The van der Waals surface area contributed by atoms with E-state index >= 15 is 0 Å². The van der Waals surface area contributed by atoms with Crippen molar-refractivity contribution in [3.63, 3.8) is 0 Å². The fourth-order valence-electron chi connectivity index (χ4n) is 2.52. The van der Waals surface area contributed by atoms with E-state index in [4.69, 9.17) is 11.6 Å². The van der Waals surface area contributed by atoms with Gasteiger partial charge in [0.05, 0.1) is 18.0 Å². The molecule has 2 aromatic carbocycles. The van der Waals surface area contributed by atoms with E-state index in [1.54, 1.807) is 25.1 Å². The zero-order valence-electron chi connectivity index (χ0n) is 14.4. The maximum absolute atomic E-state index is 12.4. The summed E-state index contributed by atoms with van der Waals surface area (Å²) >= 11 is 5.93. The molecule has 0 saturated carbocycles. The molecule has 0 spiro atoms. The van der Waals surface area contributed by atoms with Crippen molar-refractivity contribution in [2.45, 2.75) is 19.9 Å². The molecule has 0 aliphatic carbocycles. The Kier molecular flexibility index (Phi) is 6.08. The van der Waals surface area contributed by atoms with Crippen molar-refractivity contribution < 1.29 is 13.2 Å². The van der Waals surface area contributed by atoms with Crippen molar-refractivity contribution in [2.24, 2.45) is 0 Å². The van der Waals surface area contributed by atoms with Gasteiger partial charge in [-0.2, -0.15) is 0 Å². The van der Waals surface area contributed by atoms with E-state index in [1.165, 1.54) is 0 Å². The van der Waals surface area contributed by atoms with E-state index in [0.717, 1.165) is 16.1 Å². The molecule has 0 aliphatic rings. The summed E-state index contributed by atoms with van der Waals surface area (Å²) in [5.41, 5.74) is 2.07. The van der Waals surface area contributed by atoms with Crippen LogP contribution < -0.4 is 9.62 Å². The third-order valence-corrected chi connectivity index (χ3v) is 5.15. The summed E-state index contributed by atoms with van der Waals surface area (Å²) in [7, 11) is -3.62. The number of carbonyl (C=O) groups is 1. The molecule has 0 fully saturated rings. The molecule has 0 saturated heterocycles. The highest BCUT2D eigenvalue weighted by Crippen LogP contribution is 2.25. The van der Waals surface area contributed by atoms with Gasteiger partial charge in [0.2, 0.25) is 15.9 Å². The predicted octanol–water partition coefficient (Wildman–Crippen LogP) is 3.29. The Morgan fingerprint density at radius 2 is 1.84 bits per heavy atom. The van der Waals surface area contributed by atoms with Gasteiger partial charge in [-0.1, -0.05) is 41.9 Å². The second-order valence-electron chi connectivity index (χ2n) is 5.90. The van der Waals surface area contributed by atoms with Crippen LogP contribution in [0.5, 0.6) is 0 Å². The number of aryl methyl sites for hydroxylation is 1. The molecule has 0 aromatic heterocycles. The first-order valence-electron chi connectivity index (χ1n) is 7.76. The van der Waals surface area contributed by atoms with Gasteiger partial charge in [0.25, 0.3) is 0 Å². The average Bonchev–Trinajstić information content (AvgIpc) is 2.53. The molecular weight excluding hydrogens is 360 g/mol. The van der Waals surface area contributed by atoms with Crippen molar-refractivity contribution in [3.8, 4) is 0 Å². The lowest BCUT2D eigenvalue weighted by molar-refractivity contribution is -0.120. The van der Waals surface area contributed by atoms with E-state index in [-0.39, 0.29) is 18.5 Å². The minimum absolute atomic E-state index is 0.221. The fraction of sp³-hybridized carbons (Fsp3) is 0.278. The van der Waals surface area contributed by atoms with Crippen LogP contribution in [0.25, 0.3) is 0 Å². The monoisotopic (exact) mass is 380 g/mol. The van der Waals surface area contributed by atoms with E-state index < -0.39 is 10.0 Å². The number of carbonyl (C=O) groups excluding carboxylic acids is 1. The molecule has 134 valence electrons. The van der Waals surface area contributed by atoms with Gasteiger partial charge in [0, 0.05) is 5.02 Å². The van der Waals surface area contributed by atoms with Crippen LogP contribution in [0.3, 0.4) is 0 Å². The maximum Gasteiger partial charge on any atom is 0.241 e. The Labute approximate surface area is 153 Å². The Morgan fingerprint density at radius 3 is 2.40 bits per heavy atom. The number of benzene rings is 2. The van der Waals surface area contributed by atoms with Gasteiger partial charge in [-0.25, -0.2) is 8.42 Å². The normalized spacial score (nSPS) is 12.5. The molecular formula is C18H21ClN2O3S. The molecule has 2 rings (SSSR count). The summed E-state index contributed by atoms with van der Waals surface area (Å²) in [6, 6.07) is 14.1. The highest BCUT2D eigenvalue weighted by molar-refractivity contribution is 7.92. The molecule has 5 nitrogen and oxygen atoms in total. The van der Waals surface area contributed by atoms with Gasteiger partial charge in [-0.3, -0.25) is 9.10 Å². The molecule has 25 heavy (non-hydrogen) atoms. The minimum Gasteiger partial charge on any atom is -0.348 e. The molecule has 0 aliphatic heterocycles. The van der Waals surface area contributed by atoms with Crippen LogP contribution in [-0.2, 0) is 14.8 Å². The number of rotatable bonds is 6. The molecule has 1 atom stereocenters. The van der Waals surface area contributed by atoms with Gasteiger partial charge in [0.1, 0.15) is 6.54 Å². The number of nitrogens with zero attached hydrogens (tertiary/aromatic N) is 1. The Morgan fingerprint density at radius 1 is 1.20 bits per heavy atom. The van der Waals surface area contributed by atoms with Crippen molar-refractivity contribution in [1.82, 2.24) is 5.32 Å². The lowest BCUT2D eigenvalue weighted by Crippen LogP contribution is -2.41. The van der Waals surface area contributed by atoms with Gasteiger partial charge in [-0.15, -0.1) is 0 Å². The quantitative estimate of drug-likeness (QED) is 0.836. The molecule has 0 unspecified atom stereocenters. The van der Waals surface area contributed by atoms with Crippen LogP contribution in [0.2, 0.25) is 5.02 Å². The van der Waals surface area contributed by atoms with Gasteiger partial charge < -0.3 is 5.32 Å². The number of hydrogen-bond acceptors (Lipinski definition) is 3. The van der Waals surface area contributed by atoms with Crippen LogP contribution in [0, 0.1) is 6.92 Å². The first-order chi connectivity index (χ1) is 11.7. The molecule has 0 heterocycles. The fourth-order valence-corrected chi connectivity index (χ4v) is 3.66. The van der Waals surface area contributed by atoms with Crippen LogP contribution in [0.4, 0.5) is 5.69 Å². The molecule has 0 bridgehead atoms.